The molecule has 1 aromatic rings. The number of cyclic esters (lactones) is 1. The van der Waals surface area contributed by atoms with E-state index in [4.69, 9.17) is 10.5 Å². The highest BCUT2D eigenvalue weighted by molar-refractivity contribution is 6.03. The molecule has 0 aromatic carbocycles. The molecule has 0 bridgehead atoms. The van der Waals surface area contributed by atoms with Gasteiger partial charge in [0.05, 0.1) is 12.7 Å². The number of hydrogen-bond donors (Lipinski definition) is 1. The van der Waals surface area contributed by atoms with Gasteiger partial charge in [-0.3, -0.25) is 4.68 Å². The van der Waals surface area contributed by atoms with Gasteiger partial charge in [-0.15, -0.1) is 5.10 Å². The second-order valence-corrected chi connectivity index (χ2v) is 2.75. The molecular formula is C7H9N5O2. The predicted molar refractivity (Wildman–Crippen MR) is 46.6 cm³/mol. The number of aromatic nitrogens is 3. The fourth-order valence-electron chi connectivity index (χ4n) is 1.08. The van der Waals surface area contributed by atoms with Gasteiger partial charge in [-0.25, -0.2) is 9.79 Å². The minimum atomic E-state index is -0.367. The van der Waals surface area contributed by atoms with Gasteiger partial charge in [0.2, 0.25) is 5.90 Å². The average Bonchev–Trinajstić information content (AvgIpc) is 2.74. The van der Waals surface area contributed by atoms with Gasteiger partial charge in [0, 0.05) is 6.54 Å². The number of ether oxygens (including phenoxy) is 1. The lowest BCUT2D eigenvalue weighted by atomic mass is 10.5. The van der Waals surface area contributed by atoms with E-state index < -0.39 is 0 Å². The van der Waals surface area contributed by atoms with Crippen LogP contribution in [0.15, 0.2) is 11.2 Å². The van der Waals surface area contributed by atoms with E-state index in [2.05, 4.69) is 15.3 Å². The van der Waals surface area contributed by atoms with Gasteiger partial charge in [0.1, 0.15) is 6.54 Å². The van der Waals surface area contributed by atoms with E-state index in [1.807, 2.05) is 0 Å². The smallest absolute Gasteiger partial charge is 0.334 e. The molecule has 0 saturated heterocycles. The molecule has 0 fully saturated rings. The van der Waals surface area contributed by atoms with E-state index in [1.54, 1.807) is 10.9 Å². The van der Waals surface area contributed by atoms with Crippen LogP contribution in [0.3, 0.4) is 0 Å². The van der Waals surface area contributed by atoms with Gasteiger partial charge in [-0.2, -0.15) is 0 Å². The third-order valence-corrected chi connectivity index (χ3v) is 1.68. The third-order valence-electron chi connectivity index (χ3n) is 1.68. The highest BCUT2D eigenvalue weighted by Crippen LogP contribution is 2.04. The Balaban J connectivity index is 2.13. The summed E-state index contributed by atoms with van der Waals surface area (Å²) in [5.41, 5.74) is 5.80. The van der Waals surface area contributed by atoms with E-state index >= 15 is 0 Å². The monoisotopic (exact) mass is 195 g/mol. The van der Waals surface area contributed by atoms with E-state index in [9.17, 15) is 4.79 Å². The lowest BCUT2D eigenvalue weighted by Crippen LogP contribution is -2.10. The Labute approximate surface area is 79.6 Å². The second kappa shape index (κ2) is 3.54. The van der Waals surface area contributed by atoms with Gasteiger partial charge < -0.3 is 10.5 Å². The van der Waals surface area contributed by atoms with Gasteiger partial charge in [-0.1, -0.05) is 5.21 Å². The maximum absolute atomic E-state index is 10.7. The summed E-state index contributed by atoms with van der Waals surface area (Å²) in [7, 11) is 0. The minimum absolute atomic E-state index is 0.0546. The number of aliphatic imine (C=N–C) groups is 1. The third kappa shape index (κ3) is 1.62. The normalized spacial score (nSPS) is 15.5. The first-order valence-corrected chi connectivity index (χ1v) is 4.15. The Hall–Kier alpha value is -1.76. The summed E-state index contributed by atoms with van der Waals surface area (Å²) in [6, 6.07) is 0. The summed E-state index contributed by atoms with van der Waals surface area (Å²) in [6.45, 7) is 1.11. The van der Waals surface area contributed by atoms with Crippen molar-refractivity contribution in [1.82, 2.24) is 15.0 Å². The van der Waals surface area contributed by atoms with Crippen molar-refractivity contribution < 1.29 is 9.53 Å². The van der Waals surface area contributed by atoms with E-state index in [0.717, 1.165) is 0 Å². The molecule has 1 aromatic heterocycles. The van der Waals surface area contributed by atoms with Crippen LogP contribution in [-0.2, 0) is 16.1 Å². The Kier molecular flexibility index (Phi) is 2.23. The van der Waals surface area contributed by atoms with E-state index in [0.29, 0.717) is 18.8 Å². The maximum Gasteiger partial charge on any atom is 0.334 e. The van der Waals surface area contributed by atoms with Crippen LogP contribution in [0, 0.1) is 0 Å². The first-order chi connectivity index (χ1) is 6.79. The van der Waals surface area contributed by atoms with Crippen molar-refractivity contribution in [2.45, 2.75) is 6.54 Å². The average molecular weight is 195 g/mol. The number of nitrogens with two attached hydrogens (primary N) is 1. The quantitative estimate of drug-likeness (QED) is 0.595. The summed E-state index contributed by atoms with van der Waals surface area (Å²) >= 11 is 0. The number of rotatable bonds is 3. The number of carbonyl (C=O) groups is 1. The van der Waals surface area contributed by atoms with Crippen molar-refractivity contribution >= 4 is 11.9 Å². The zero-order valence-corrected chi connectivity index (χ0v) is 7.38. The fourth-order valence-corrected chi connectivity index (χ4v) is 1.08. The van der Waals surface area contributed by atoms with Crippen LogP contribution in [0.5, 0.6) is 0 Å². The SMILES string of the molecule is NCCn1cc(C2=NCC(=O)O2)nn1. The molecule has 1 aliphatic heterocycles. The molecule has 0 saturated carbocycles. The number of nitrogens with zero attached hydrogens (tertiary/aromatic N) is 4. The largest absolute Gasteiger partial charge is 0.404 e. The number of hydrogen-bond acceptors (Lipinski definition) is 6. The zero-order valence-electron chi connectivity index (χ0n) is 7.38. The van der Waals surface area contributed by atoms with Crippen molar-refractivity contribution in [3.05, 3.63) is 11.9 Å². The summed E-state index contributed by atoms with van der Waals surface area (Å²) in [5, 5.41) is 7.59. The molecule has 2 heterocycles. The Bertz CT molecular complexity index is 383. The summed E-state index contributed by atoms with van der Waals surface area (Å²) in [6.07, 6.45) is 1.64. The molecule has 74 valence electrons. The molecule has 2 rings (SSSR count). The molecule has 0 unspecified atom stereocenters. The molecule has 7 nitrogen and oxygen atoms in total. The van der Waals surface area contributed by atoms with Gasteiger partial charge in [0.25, 0.3) is 0 Å². The number of carbonyl (C=O) groups excluding carboxylic acids is 1. The predicted octanol–water partition coefficient (Wildman–Crippen LogP) is -1.46. The van der Waals surface area contributed by atoms with Crippen LogP contribution >= 0.6 is 0 Å². The molecule has 0 spiro atoms. The van der Waals surface area contributed by atoms with Crippen LogP contribution < -0.4 is 5.73 Å². The van der Waals surface area contributed by atoms with Crippen molar-refractivity contribution in [3.8, 4) is 0 Å². The molecule has 1 aliphatic rings. The van der Waals surface area contributed by atoms with Crippen LogP contribution in [0.1, 0.15) is 5.69 Å². The molecule has 0 atom stereocenters. The van der Waals surface area contributed by atoms with Crippen LogP contribution in [0.25, 0.3) is 0 Å². The van der Waals surface area contributed by atoms with Gasteiger partial charge in [0.15, 0.2) is 5.69 Å². The molecule has 0 radical (unpaired) electrons. The highest BCUT2D eigenvalue weighted by atomic mass is 16.6. The summed E-state index contributed by atoms with van der Waals surface area (Å²) < 4.78 is 6.38. The Morgan fingerprint density at radius 3 is 3.14 bits per heavy atom. The highest BCUT2D eigenvalue weighted by Gasteiger charge is 2.20. The van der Waals surface area contributed by atoms with Crippen LogP contribution in [-0.4, -0.2) is 40.0 Å². The molecule has 7 heteroatoms. The van der Waals surface area contributed by atoms with Crippen molar-refractivity contribution in [1.29, 1.82) is 0 Å². The topological polar surface area (TPSA) is 95.4 Å². The molecule has 0 aliphatic carbocycles. The van der Waals surface area contributed by atoms with Crippen LogP contribution in [0.4, 0.5) is 0 Å². The van der Waals surface area contributed by atoms with Gasteiger partial charge in [-0.05, 0) is 0 Å². The maximum atomic E-state index is 10.7. The second-order valence-electron chi connectivity index (χ2n) is 2.75. The molecular weight excluding hydrogens is 186 g/mol. The molecule has 2 N–H and O–H groups in total. The Morgan fingerprint density at radius 2 is 2.50 bits per heavy atom. The lowest BCUT2D eigenvalue weighted by molar-refractivity contribution is -0.132. The first-order valence-electron chi connectivity index (χ1n) is 4.15. The Morgan fingerprint density at radius 1 is 1.64 bits per heavy atom. The van der Waals surface area contributed by atoms with Crippen molar-refractivity contribution in [2.24, 2.45) is 10.7 Å². The minimum Gasteiger partial charge on any atom is -0.404 e. The lowest BCUT2D eigenvalue weighted by Gasteiger charge is -1.93. The van der Waals surface area contributed by atoms with Crippen molar-refractivity contribution in [2.75, 3.05) is 13.1 Å². The molecule has 0 amide bonds. The zero-order chi connectivity index (χ0) is 9.97. The van der Waals surface area contributed by atoms with E-state index in [1.165, 1.54) is 0 Å². The standard InChI is InChI=1S/C7H9N5O2/c8-1-2-12-4-5(10-11-12)7-9-3-6(13)14-7/h4H,1-3,8H2. The summed E-state index contributed by atoms with van der Waals surface area (Å²) in [5.74, 6) is -0.133. The fraction of sp³-hybridized carbons (Fsp3) is 0.429. The summed E-state index contributed by atoms with van der Waals surface area (Å²) in [4.78, 5) is 14.6. The van der Waals surface area contributed by atoms with E-state index in [-0.39, 0.29) is 18.4 Å². The number of esters is 1. The molecule has 14 heavy (non-hydrogen) atoms. The van der Waals surface area contributed by atoms with Crippen LogP contribution in [0.2, 0.25) is 0 Å². The van der Waals surface area contributed by atoms with Crippen molar-refractivity contribution in [3.63, 3.8) is 0 Å². The van der Waals surface area contributed by atoms with Gasteiger partial charge >= 0.3 is 5.97 Å². The first kappa shape index (κ1) is 8.82.